The molecular formula is C24H29N7O. The summed E-state index contributed by atoms with van der Waals surface area (Å²) in [7, 11) is 1.68. The molecule has 2 aliphatic rings. The third kappa shape index (κ3) is 4.75. The van der Waals surface area contributed by atoms with Gasteiger partial charge in [0, 0.05) is 38.8 Å². The van der Waals surface area contributed by atoms with E-state index in [4.69, 9.17) is 19.7 Å². The van der Waals surface area contributed by atoms with E-state index in [0.29, 0.717) is 24.4 Å². The molecule has 1 aliphatic carbocycles. The average molecular weight is 432 g/mol. The summed E-state index contributed by atoms with van der Waals surface area (Å²) >= 11 is 0. The Balaban J connectivity index is 1.34. The number of rotatable bonds is 7. The minimum atomic E-state index is 0.289. The van der Waals surface area contributed by atoms with Crippen molar-refractivity contribution < 1.29 is 4.74 Å². The highest BCUT2D eigenvalue weighted by molar-refractivity contribution is 5.46. The Morgan fingerprint density at radius 1 is 0.969 bits per heavy atom. The summed E-state index contributed by atoms with van der Waals surface area (Å²) in [5.41, 5.74) is 3.91. The number of aromatic nitrogens is 3. The molecule has 0 unspecified atom stereocenters. The van der Waals surface area contributed by atoms with E-state index in [1.54, 1.807) is 7.11 Å². The molecule has 166 valence electrons. The van der Waals surface area contributed by atoms with Crippen LogP contribution in [0.4, 0.5) is 17.8 Å². The predicted molar refractivity (Wildman–Crippen MR) is 126 cm³/mol. The highest BCUT2D eigenvalue weighted by Gasteiger charge is 2.23. The largest absolute Gasteiger partial charge is 0.497 e. The molecule has 8 nitrogen and oxygen atoms in total. The molecule has 2 heterocycles. The minimum absolute atomic E-state index is 0.289. The average Bonchev–Trinajstić information content (AvgIpc) is 3.25. The Bertz CT molecular complexity index is 1040. The smallest absolute Gasteiger partial charge is 0.232 e. The fraction of sp³-hybridized carbons (Fsp3) is 0.375. The van der Waals surface area contributed by atoms with Crippen molar-refractivity contribution in [2.45, 2.75) is 25.4 Å². The third-order valence-corrected chi connectivity index (χ3v) is 5.99. The molecule has 0 bridgehead atoms. The lowest BCUT2D eigenvalue weighted by molar-refractivity contribution is 0.414. The van der Waals surface area contributed by atoms with Crippen LogP contribution in [0.25, 0.3) is 0 Å². The standard InChI is InChI=1S/C24H29N7O/c1-32-21-8-4-5-17(13-21)16-26-22-28-23(30-24(29-22)31-11-9-25-10-12-31)27-20-14-18-6-2-3-7-19(18)15-20/h2-8,13,20,25H,9-12,14-16H2,1H3,(H2,26,27,28,29,30). The third-order valence-electron chi connectivity index (χ3n) is 5.99. The predicted octanol–water partition coefficient (Wildman–Crippen LogP) is 2.48. The quantitative estimate of drug-likeness (QED) is 0.526. The van der Waals surface area contributed by atoms with Gasteiger partial charge in [-0.25, -0.2) is 0 Å². The molecule has 2 aromatic carbocycles. The number of hydrogen-bond donors (Lipinski definition) is 3. The van der Waals surface area contributed by atoms with Gasteiger partial charge in [0.2, 0.25) is 17.8 Å². The van der Waals surface area contributed by atoms with Crippen molar-refractivity contribution in [1.29, 1.82) is 0 Å². The highest BCUT2D eigenvalue weighted by Crippen LogP contribution is 2.24. The first-order valence-electron chi connectivity index (χ1n) is 11.2. The van der Waals surface area contributed by atoms with Crippen LogP contribution in [0.3, 0.4) is 0 Å². The topological polar surface area (TPSA) is 87.2 Å². The van der Waals surface area contributed by atoms with Crippen molar-refractivity contribution in [2.75, 3.05) is 48.8 Å². The molecular weight excluding hydrogens is 402 g/mol. The van der Waals surface area contributed by atoms with Gasteiger partial charge in [-0.15, -0.1) is 0 Å². The first-order chi connectivity index (χ1) is 15.8. The van der Waals surface area contributed by atoms with Gasteiger partial charge in [0.15, 0.2) is 0 Å². The zero-order chi connectivity index (χ0) is 21.8. The fourth-order valence-electron chi connectivity index (χ4n) is 4.32. The van der Waals surface area contributed by atoms with E-state index in [2.05, 4.69) is 51.2 Å². The molecule has 3 aromatic rings. The lowest BCUT2D eigenvalue weighted by Crippen LogP contribution is -2.44. The molecule has 0 atom stereocenters. The summed E-state index contributed by atoms with van der Waals surface area (Å²) in [6.07, 6.45) is 1.97. The Labute approximate surface area is 188 Å². The highest BCUT2D eigenvalue weighted by atomic mass is 16.5. The van der Waals surface area contributed by atoms with Crippen molar-refractivity contribution in [3.8, 4) is 5.75 Å². The van der Waals surface area contributed by atoms with Crippen molar-refractivity contribution in [2.24, 2.45) is 0 Å². The Hall–Kier alpha value is -3.39. The van der Waals surface area contributed by atoms with Crippen LogP contribution in [0.15, 0.2) is 48.5 Å². The van der Waals surface area contributed by atoms with E-state index in [-0.39, 0.29) is 6.04 Å². The molecule has 5 rings (SSSR count). The number of fused-ring (bicyclic) bond motifs is 1. The lowest BCUT2D eigenvalue weighted by Gasteiger charge is -2.28. The summed E-state index contributed by atoms with van der Waals surface area (Å²) in [5, 5.41) is 10.3. The van der Waals surface area contributed by atoms with E-state index < -0.39 is 0 Å². The number of piperazine rings is 1. The zero-order valence-corrected chi connectivity index (χ0v) is 18.3. The molecule has 1 fully saturated rings. The molecule has 1 aromatic heterocycles. The number of ether oxygens (including phenoxy) is 1. The van der Waals surface area contributed by atoms with Crippen molar-refractivity contribution >= 4 is 17.8 Å². The van der Waals surface area contributed by atoms with Crippen LogP contribution in [0.5, 0.6) is 5.75 Å². The number of anilines is 3. The molecule has 1 aliphatic heterocycles. The number of nitrogens with zero attached hydrogens (tertiary/aromatic N) is 4. The van der Waals surface area contributed by atoms with Gasteiger partial charge in [-0.2, -0.15) is 15.0 Å². The summed E-state index contributed by atoms with van der Waals surface area (Å²) < 4.78 is 5.33. The molecule has 0 spiro atoms. The minimum Gasteiger partial charge on any atom is -0.497 e. The maximum Gasteiger partial charge on any atom is 0.232 e. The number of benzene rings is 2. The second-order valence-corrected chi connectivity index (χ2v) is 8.24. The van der Waals surface area contributed by atoms with Gasteiger partial charge in [-0.05, 0) is 41.7 Å². The SMILES string of the molecule is COc1cccc(CNc2nc(NC3Cc4ccccc4C3)nc(N3CCNCC3)n2)c1. The van der Waals surface area contributed by atoms with E-state index in [0.717, 1.165) is 50.3 Å². The molecule has 0 amide bonds. The Morgan fingerprint density at radius 2 is 1.72 bits per heavy atom. The van der Waals surface area contributed by atoms with Crippen LogP contribution in [0.2, 0.25) is 0 Å². The second-order valence-electron chi connectivity index (χ2n) is 8.24. The molecule has 32 heavy (non-hydrogen) atoms. The van der Waals surface area contributed by atoms with Crippen LogP contribution in [0, 0.1) is 0 Å². The van der Waals surface area contributed by atoms with E-state index >= 15 is 0 Å². The van der Waals surface area contributed by atoms with Crippen LogP contribution in [-0.4, -0.2) is 54.3 Å². The maximum absolute atomic E-state index is 5.33. The second kappa shape index (κ2) is 9.40. The van der Waals surface area contributed by atoms with Crippen LogP contribution >= 0.6 is 0 Å². The summed E-state index contributed by atoms with van der Waals surface area (Å²) in [6, 6.07) is 16.9. The van der Waals surface area contributed by atoms with E-state index in [9.17, 15) is 0 Å². The van der Waals surface area contributed by atoms with Gasteiger partial charge in [-0.3, -0.25) is 0 Å². The van der Waals surface area contributed by atoms with Gasteiger partial charge in [-0.1, -0.05) is 36.4 Å². The van der Waals surface area contributed by atoms with Crippen LogP contribution in [-0.2, 0) is 19.4 Å². The fourth-order valence-corrected chi connectivity index (χ4v) is 4.32. The van der Waals surface area contributed by atoms with E-state index in [1.165, 1.54) is 11.1 Å². The molecule has 8 heteroatoms. The summed E-state index contributed by atoms with van der Waals surface area (Å²) in [6.45, 7) is 4.23. The first kappa shape index (κ1) is 20.5. The maximum atomic E-state index is 5.33. The normalized spacial score (nSPS) is 16.0. The van der Waals surface area contributed by atoms with Crippen LogP contribution < -0.4 is 25.6 Å². The summed E-state index contributed by atoms with van der Waals surface area (Å²) in [4.78, 5) is 16.4. The van der Waals surface area contributed by atoms with Gasteiger partial charge < -0.3 is 25.6 Å². The molecule has 0 saturated carbocycles. The molecule has 3 N–H and O–H groups in total. The van der Waals surface area contributed by atoms with Crippen molar-refractivity contribution in [3.63, 3.8) is 0 Å². The van der Waals surface area contributed by atoms with Crippen molar-refractivity contribution in [3.05, 3.63) is 65.2 Å². The lowest BCUT2D eigenvalue weighted by atomic mass is 10.1. The Kier molecular flexibility index (Phi) is 6.02. The van der Waals surface area contributed by atoms with Gasteiger partial charge in [0.1, 0.15) is 5.75 Å². The summed E-state index contributed by atoms with van der Waals surface area (Å²) in [5.74, 6) is 2.76. The van der Waals surface area contributed by atoms with Crippen molar-refractivity contribution in [1.82, 2.24) is 20.3 Å². The number of methoxy groups -OCH3 is 1. The monoisotopic (exact) mass is 431 g/mol. The molecule has 0 radical (unpaired) electrons. The van der Waals surface area contributed by atoms with E-state index in [1.807, 2.05) is 18.2 Å². The van der Waals surface area contributed by atoms with Crippen LogP contribution in [0.1, 0.15) is 16.7 Å². The Morgan fingerprint density at radius 3 is 2.47 bits per heavy atom. The van der Waals surface area contributed by atoms with Gasteiger partial charge in [0.05, 0.1) is 7.11 Å². The van der Waals surface area contributed by atoms with Gasteiger partial charge in [0.25, 0.3) is 0 Å². The molecule has 1 saturated heterocycles. The first-order valence-corrected chi connectivity index (χ1v) is 11.2. The number of hydrogen-bond acceptors (Lipinski definition) is 8. The number of nitrogens with one attached hydrogen (secondary N) is 3. The zero-order valence-electron chi connectivity index (χ0n) is 18.3. The van der Waals surface area contributed by atoms with Gasteiger partial charge >= 0.3 is 0 Å².